The summed E-state index contributed by atoms with van der Waals surface area (Å²) in [5.41, 5.74) is 7.37. The average Bonchev–Trinajstić information content (AvgIpc) is 2.84. The number of halogens is 4. The Balaban J connectivity index is 1.31. The Hall–Kier alpha value is -4.50. The first-order valence-corrected chi connectivity index (χ1v) is 11.4. The first kappa shape index (κ1) is 24.2. The number of ether oxygens (including phenoxy) is 1. The molecule has 1 aromatic heterocycles. The van der Waals surface area contributed by atoms with Crippen LogP contribution in [0.3, 0.4) is 0 Å². The molecule has 0 aliphatic carbocycles. The summed E-state index contributed by atoms with van der Waals surface area (Å²) in [5, 5.41) is 6.28. The number of amides is 2. The summed E-state index contributed by atoms with van der Waals surface area (Å²) in [7, 11) is 0. The first-order valence-electron chi connectivity index (χ1n) is 11.0. The Morgan fingerprint density at radius 1 is 0.865 bits per heavy atom. The smallest absolute Gasteiger partial charge is 0.417 e. The molecule has 5 rings (SSSR count). The number of hydrogen-bond donors (Lipinski definition) is 3. The van der Waals surface area contributed by atoms with Gasteiger partial charge in [0.25, 0.3) is 0 Å². The van der Waals surface area contributed by atoms with Crippen LogP contribution in [0.1, 0.15) is 5.56 Å². The number of nitrogens with one attached hydrogen (secondary N) is 2. The van der Waals surface area contributed by atoms with Gasteiger partial charge in [-0.1, -0.05) is 29.8 Å². The van der Waals surface area contributed by atoms with Gasteiger partial charge in [0.15, 0.2) is 5.75 Å². The molecule has 0 unspecified atom stereocenters. The molecule has 0 aliphatic heterocycles. The third-order valence-corrected chi connectivity index (χ3v) is 5.81. The largest absolute Gasteiger partial charge is 0.455 e. The number of aromatic nitrogens is 1. The summed E-state index contributed by atoms with van der Waals surface area (Å²) >= 11 is 5.62. The summed E-state index contributed by atoms with van der Waals surface area (Å²) in [5.74, 6) is 0.947. The number of pyridine rings is 1. The van der Waals surface area contributed by atoms with Gasteiger partial charge in [0.05, 0.1) is 16.1 Å². The molecule has 0 fully saturated rings. The van der Waals surface area contributed by atoms with E-state index in [1.54, 1.807) is 30.3 Å². The van der Waals surface area contributed by atoms with Crippen LogP contribution in [0, 0.1) is 0 Å². The summed E-state index contributed by atoms with van der Waals surface area (Å²) in [4.78, 5) is 17.0. The lowest BCUT2D eigenvalue weighted by molar-refractivity contribution is -0.137. The van der Waals surface area contributed by atoms with Crippen LogP contribution in [0.2, 0.25) is 5.02 Å². The standard InChI is InChI=1S/C27H18ClF3N4O2/c28-22-10-7-19(14-21(22)27(29,30)31)34-26(36)33-18-5-8-20(9-6-18)37-24-13-17(32)12-16-11-15-3-1-2-4-23(15)35-25(16)24/h1-14H,32H2,(H2,33,34,36). The number of nitrogens with two attached hydrogens (primary N) is 1. The second kappa shape index (κ2) is 9.51. The van der Waals surface area contributed by atoms with E-state index >= 15 is 0 Å². The van der Waals surface area contributed by atoms with Gasteiger partial charge in [0, 0.05) is 33.9 Å². The Labute approximate surface area is 213 Å². The van der Waals surface area contributed by atoms with Crippen molar-refractivity contribution in [2.24, 2.45) is 0 Å². The molecule has 10 heteroatoms. The zero-order valence-corrected chi connectivity index (χ0v) is 19.7. The molecular formula is C27H18ClF3N4O2. The summed E-state index contributed by atoms with van der Waals surface area (Å²) in [6, 6.07) is 22.1. The number of hydrogen-bond acceptors (Lipinski definition) is 4. The zero-order valence-electron chi connectivity index (χ0n) is 18.9. The SMILES string of the molecule is Nc1cc(Oc2ccc(NC(=O)Nc3ccc(Cl)c(C(F)(F)F)c3)cc2)c2nc3ccccc3cc2c1. The molecule has 0 atom stereocenters. The molecule has 5 aromatic rings. The van der Waals surface area contributed by atoms with Crippen molar-refractivity contribution in [3.8, 4) is 11.5 Å². The van der Waals surface area contributed by atoms with Crippen molar-refractivity contribution in [2.45, 2.75) is 6.18 Å². The highest BCUT2D eigenvalue weighted by Gasteiger charge is 2.33. The van der Waals surface area contributed by atoms with Gasteiger partial charge >= 0.3 is 12.2 Å². The maximum Gasteiger partial charge on any atom is 0.417 e. The number of rotatable bonds is 4. The number of alkyl halides is 3. The van der Waals surface area contributed by atoms with Crippen LogP contribution < -0.4 is 21.1 Å². The van der Waals surface area contributed by atoms with Gasteiger partial charge in [-0.15, -0.1) is 0 Å². The average molecular weight is 523 g/mol. The second-order valence-corrected chi connectivity index (χ2v) is 8.58. The van der Waals surface area contributed by atoms with Crippen LogP contribution in [0.4, 0.5) is 35.0 Å². The molecule has 37 heavy (non-hydrogen) atoms. The van der Waals surface area contributed by atoms with E-state index < -0.39 is 22.8 Å². The first-order chi connectivity index (χ1) is 17.7. The van der Waals surface area contributed by atoms with Gasteiger partial charge < -0.3 is 21.1 Å². The number of para-hydroxylation sites is 1. The quantitative estimate of drug-likeness (QED) is 0.164. The number of carbonyl (C=O) groups is 1. The van der Waals surface area contributed by atoms with Gasteiger partial charge in [-0.2, -0.15) is 13.2 Å². The number of carbonyl (C=O) groups excluding carboxylic acids is 1. The van der Waals surface area contributed by atoms with Crippen LogP contribution in [-0.2, 0) is 6.18 Å². The van der Waals surface area contributed by atoms with E-state index in [9.17, 15) is 18.0 Å². The van der Waals surface area contributed by atoms with Crippen molar-refractivity contribution in [3.05, 3.63) is 95.5 Å². The Bertz CT molecular complexity index is 1640. The molecule has 4 N–H and O–H groups in total. The van der Waals surface area contributed by atoms with Crippen LogP contribution >= 0.6 is 11.6 Å². The third-order valence-electron chi connectivity index (χ3n) is 5.48. The highest BCUT2D eigenvalue weighted by Crippen LogP contribution is 2.36. The summed E-state index contributed by atoms with van der Waals surface area (Å²) in [6.45, 7) is 0. The zero-order chi connectivity index (χ0) is 26.2. The monoisotopic (exact) mass is 522 g/mol. The fourth-order valence-corrected chi connectivity index (χ4v) is 4.03. The topological polar surface area (TPSA) is 89.3 Å². The lowest BCUT2D eigenvalue weighted by atomic mass is 10.1. The van der Waals surface area contributed by atoms with Crippen LogP contribution in [0.25, 0.3) is 21.8 Å². The Kier molecular flexibility index (Phi) is 6.22. The van der Waals surface area contributed by atoms with Crippen molar-refractivity contribution >= 4 is 56.5 Å². The van der Waals surface area contributed by atoms with E-state index in [-0.39, 0.29) is 5.69 Å². The van der Waals surface area contributed by atoms with Gasteiger partial charge in [-0.25, -0.2) is 9.78 Å². The number of urea groups is 1. The van der Waals surface area contributed by atoms with Crippen LogP contribution in [0.15, 0.2) is 84.9 Å². The molecule has 6 nitrogen and oxygen atoms in total. The van der Waals surface area contributed by atoms with Gasteiger partial charge in [0.1, 0.15) is 11.3 Å². The van der Waals surface area contributed by atoms with Crippen LogP contribution in [0.5, 0.6) is 11.5 Å². The number of nitrogens with zero attached hydrogens (tertiary/aromatic N) is 1. The maximum absolute atomic E-state index is 13.0. The molecule has 1 heterocycles. The highest BCUT2D eigenvalue weighted by molar-refractivity contribution is 6.31. The van der Waals surface area contributed by atoms with Gasteiger partial charge in [-0.3, -0.25) is 0 Å². The predicted octanol–water partition coefficient (Wildman–Crippen LogP) is 8.08. The van der Waals surface area contributed by atoms with E-state index in [0.29, 0.717) is 28.4 Å². The minimum Gasteiger partial charge on any atom is -0.455 e. The van der Waals surface area contributed by atoms with E-state index in [0.717, 1.165) is 28.4 Å². The normalized spacial score (nSPS) is 11.5. The van der Waals surface area contributed by atoms with Crippen molar-refractivity contribution in [1.29, 1.82) is 0 Å². The fraction of sp³-hybridized carbons (Fsp3) is 0.0370. The van der Waals surface area contributed by atoms with E-state index in [1.165, 1.54) is 6.07 Å². The van der Waals surface area contributed by atoms with Gasteiger partial charge in [0.2, 0.25) is 0 Å². The third kappa shape index (κ3) is 5.36. The van der Waals surface area contributed by atoms with E-state index in [1.807, 2.05) is 36.4 Å². The summed E-state index contributed by atoms with van der Waals surface area (Å²) < 4.78 is 45.2. The molecule has 4 aromatic carbocycles. The molecule has 186 valence electrons. The second-order valence-electron chi connectivity index (χ2n) is 8.17. The minimum atomic E-state index is -4.64. The van der Waals surface area contributed by atoms with Gasteiger partial charge in [-0.05, 0) is 60.7 Å². The molecule has 2 amide bonds. The molecule has 0 bridgehead atoms. The van der Waals surface area contributed by atoms with Crippen molar-refractivity contribution in [1.82, 2.24) is 4.98 Å². The minimum absolute atomic E-state index is 0.0530. The fourth-order valence-electron chi connectivity index (χ4n) is 3.81. The molecule has 0 radical (unpaired) electrons. The maximum atomic E-state index is 13.0. The van der Waals surface area contributed by atoms with E-state index in [4.69, 9.17) is 27.1 Å². The Morgan fingerprint density at radius 3 is 2.32 bits per heavy atom. The van der Waals surface area contributed by atoms with Crippen molar-refractivity contribution < 1.29 is 22.7 Å². The molecule has 0 saturated heterocycles. The number of benzene rings is 4. The van der Waals surface area contributed by atoms with E-state index in [2.05, 4.69) is 10.6 Å². The molecular weight excluding hydrogens is 505 g/mol. The van der Waals surface area contributed by atoms with Crippen molar-refractivity contribution in [3.63, 3.8) is 0 Å². The lowest BCUT2D eigenvalue weighted by Gasteiger charge is -2.13. The number of fused-ring (bicyclic) bond motifs is 2. The Morgan fingerprint density at radius 2 is 1.57 bits per heavy atom. The predicted molar refractivity (Wildman–Crippen MR) is 139 cm³/mol. The number of anilines is 3. The highest BCUT2D eigenvalue weighted by atomic mass is 35.5. The summed E-state index contributed by atoms with van der Waals surface area (Å²) in [6.07, 6.45) is -4.64. The molecule has 0 aliphatic rings. The molecule has 0 saturated carbocycles. The van der Waals surface area contributed by atoms with Crippen molar-refractivity contribution in [2.75, 3.05) is 16.4 Å². The van der Waals surface area contributed by atoms with Crippen LogP contribution in [-0.4, -0.2) is 11.0 Å². The lowest BCUT2D eigenvalue weighted by Crippen LogP contribution is -2.19. The molecule has 0 spiro atoms. The number of nitrogen functional groups attached to an aromatic ring is 1.